The molecule has 3 rings (SSSR count). The molecule has 1 aromatic heterocycles. The van der Waals surface area contributed by atoms with Gasteiger partial charge in [-0.2, -0.15) is 0 Å². The molecule has 3 aromatic rings. The Labute approximate surface area is 155 Å². The molecule has 2 aromatic carbocycles. The summed E-state index contributed by atoms with van der Waals surface area (Å²) < 4.78 is 37.7. The average Bonchev–Trinajstić information content (AvgIpc) is 2.62. The summed E-state index contributed by atoms with van der Waals surface area (Å²) in [4.78, 5) is 4.26. The molecule has 0 radical (unpaired) electrons. The SMILES string of the molecule is CC(CSc1ccccn1)Oc1ccc(Oc2cc(F)cc(F)c2)cc1. The predicted molar refractivity (Wildman–Crippen MR) is 97.9 cm³/mol. The second kappa shape index (κ2) is 8.67. The molecule has 0 N–H and O–H groups in total. The Hall–Kier alpha value is -2.60. The maximum Gasteiger partial charge on any atom is 0.133 e. The normalized spacial score (nSPS) is 11.8. The van der Waals surface area contributed by atoms with Crippen LogP contribution >= 0.6 is 11.8 Å². The van der Waals surface area contributed by atoms with Gasteiger partial charge in [-0.15, -0.1) is 11.8 Å². The van der Waals surface area contributed by atoms with Gasteiger partial charge >= 0.3 is 0 Å². The van der Waals surface area contributed by atoms with Gasteiger partial charge in [-0.1, -0.05) is 6.07 Å². The minimum absolute atomic E-state index is 0.00825. The van der Waals surface area contributed by atoms with Gasteiger partial charge < -0.3 is 9.47 Å². The van der Waals surface area contributed by atoms with Crippen molar-refractivity contribution >= 4 is 11.8 Å². The van der Waals surface area contributed by atoms with Gasteiger partial charge in [0.2, 0.25) is 0 Å². The summed E-state index contributed by atoms with van der Waals surface area (Å²) in [5, 5.41) is 0.953. The van der Waals surface area contributed by atoms with Crippen LogP contribution in [0.1, 0.15) is 6.92 Å². The predicted octanol–water partition coefficient (Wildman–Crippen LogP) is 5.71. The van der Waals surface area contributed by atoms with Crippen molar-refractivity contribution in [2.24, 2.45) is 0 Å². The van der Waals surface area contributed by atoms with E-state index < -0.39 is 11.6 Å². The molecule has 26 heavy (non-hydrogen) atoms. The van der Waals surface area contributed by atoms with Crippen molar-refractivity contribution in [1.29, 1.82) is 0 Å². The number of hydrogen-bond donors (Lipinski definition) is 0. The summed E-state index contributed by atoms with van der Waals surface area (Å²) in [5.74, 6) is 0.669. The van der Waals surface area contributed by atoms with E-state index in [1.807, 2.05) is 25.1 Å². The minimum atomic E-state index is -0.681. The third-order valence-corrected chi connectivity index (χ3v) is 4.51. The molecular formula is C20H17F2NO2S. The lowest BCUT2D eigenvalue weighted by Gasteiger charge is -2.14. The quantitative estimate of drug-likeness (QED) is 0.496. The molecule has 0 bridgehead atoms. The molecule has 0 saturated carbocycles. The van der Waals surface area contributed by atoms with Crippen molar-refractivity contribution in [3.8, 4) is 17.2 Å². The van der Waals surface area contributed by atoms with Crippen molar-refractivity contribution < 1.29 is 18.3 Å². The van der Waals surface area contributed by atoms with E-state index in [0.717, 1.165) is 29.0 Å². The number of rotatable bonds is 7. The molecule has 134 valence electrons. The first-order valence-electron chi connectivity index (χ1n) is 8.03. The van der Waals surface area contributed by atoms with E-state index in [2.05, 4.69) is 4.98 Å². The highest BCUT2D eigenvalue weighted by Crippen LogP contribution is 2.26. The number of benzene rings is 2. The molecule has 0 aliphatic rings. The third kappa shape index (κ3) is 5.46. The number of thioether (sulfide) groups is 1. The molecule has 1 atom stereocenters. The molecule has 0 amide bonds. The number of halogens is 2. The first kappa shape index (κ1) is 18.2. The Morgan fingerprint density at radius 1 is 0.923 bits per heavy atom. The van der Waals surface area contributed by atoms with Gasteiger partial charge in [-0.25, -0.2) is 13.8 Å². The van der Waals surface area contributed by atoms with Crippen molar-refractivity contribution in [1.82, 2.24) is 4.98 Å². The molecule has 0 spiro atoms. The number of aromatic nitrogens is 1. The molecule has 3 nitrogen and oxygen atoms in total. The van der Waals surface area contributed by atoms with Crippen LogP contribution in [0.25, 0.3) is 0 Å². The Balaban J connectivity index is 1.53. The highest BCUT2D eigenvalue weighted by Gasteiger charge is 2.07. The van der Waals surface area contributed by atoms with E-state index in [1.165, 1.54) is 0 Å². The molecular weight excluding hydrogens is 356 g/mol. The van der Waals surface area contributed by atoms with Crippen LogP contribution in [0, 0.1) is 11.6 Å². The van der Waals surface area contributed by atoms with Gasteiger partial charge in [-0.05, 0) is 43.3 Å². The van der Waals surface area contributed by atoms with Crippen molar-refractivity contribution in [3.63, 3.8) is 0 Å². The standard InChI is InChI=1S/C20H17F2NO2S/c1-14(13-26-20-4-2-3-9-23-20)24-17-5-7-18(8-6-17)25-19-11-15(21)10-16(22)12-19/h2-12,14H,13H2,1H3. The van der Waals surface area contributed by atoms with Crippen molar-refractivity contribution in [2.75, 3.05) is 5.75 Å². The van der Waals surface area contributed by atoms with Crippen LogP contribution < -0.4 is 9.47 Å². The molecule has 0 aliphatic heterocycles. The lowest BCUT2D eigenvalue weighted by atomic mass is 10.3. The van der Waals surface area contributed by atoms with E-state index in [0.29, 0.717) is 11.5 Å². The van der Waals surface area contributed by atoms with Gasteiger partial charge in [0.25, 0.3) is 0 Å². The van der Waals surface area contributed by atoms with E-state index in [4.69, 9.17) is 9.47 Å². The fourth-order valence-corrected chi connectivity index (χ4v) is 3.00. The highest BCUT2D eigenvalue weighted by molar-refractivity contribution is 7.99. The van der Waals surface area contributed by atoms with E-state index >= 15 is 0 Å². The maximum absolute atomic E-state index is 13.2. The second-order valence-corrected chi connectivity index (χ2v) is 6.63. The van der Waals surface area contributed by atoms with Crippen LogP contribution in [0.2, 0.25) is 0 Å². The van der Waals surface area contributed by atoms with Crippen LogP contribution in [0.15, 0.2) is 71.9 Å². The molecule has 1 unspecified atom stereocenters. The van der Waals surface area contributed by atoms with Crippen LogP contribution in [0.3, 0.4) is 0 Å². The van der Waals surface area contributed by atoms with Crippen LogP contribution in [-0.2, 0) is 0 Å². The maximum atomic E-state index is 13.2. The van der Waals surface area contributed by atoms with Crippen molar-refractivity contribution in [3.05, 3.63) is 78.5 Å². The topological polar surface area (TPSA) is 31.4 Å². The van der Waals surface area contributed by atoms with Gasteiger partial charge in [-0.3, -0.25) is 0 Å². The van der Waals surface area contributed by atoms with E-state index in [9.17, 15) is 8.78 Å². The lowest BCUT2D eigenvalue weighted by molar-refractivity contribution is 0.246. The van der Waals surface area contributed by atoms with Crippen LogP contribution in [0.4, 0.5) is 8.78 Å². The fourth-order valence-electron chi connectivity index (χ4n) is 2.21. The third-order valence-electron chi connectivity index (χ3n) is 3.34. The first-order chi connectivity index (χ1) is 12.6. The Morgan fingerprint density at radius 2 is 1.62 bits per heavy atom. The Morgan fingerprint density at radius 3 is 2.27 bits per heavy atom. The fraction of sp³-hybridized carbons (Fsp3) is 0.150. The number of hydrogen-bond acceptors (Lipinski definition) is 4. The highest BCUT2D eigenvalue weighted by atomic mass is 32.2. The molecule has 6 heteroatoms. The summed E-state index contributed by atoms with van der Waals surface area (Å²) in [6.45, 7) is 1.98. The van der Waals surface area contributed by atoms with Crippen LogP contribution in [-0.4, -0.2) is 16.8 Å². The first-order valence-corrected chi connectivity index (χ1v) is 9.01. The largest absolute Gasteiger partial charge is 0.490 e. The zero-order valence-corrected chi connectivity index (χ0v) is 14.9. The van der Waals surface area contributed by atoms with Crippen molar-refractivity contribution in [2.45, 2.75) is 18.1 Å². The molecule has 0 saturated heterocycles. The van der Waals surface area contributed by atoms with E-state index in [1.54, 1.807) is 42.2 Å². The lowest BCUT2D eigenvalue weighted by Crippen LogP contribution is -2.14. The Bertz CT molecular complexity index is 824. The van der Waals surface area contributed by atoms with Gasteiger partial charge in [0.15, 0.2) is 0 Å². The van der Waals surface area contributed by atoms with Gasteiger partial charge in [0, 0.05) is 30.1 Å². The zero-order chi connectivity index (χ0) is 18.4. The summed E-state index contributed by atoms with van der Waals surface area (Å²) in [6.07, 6.45) is 1.75. The summed E-state index contributed by atoms with van der Waals surface area (Å²) >= 11 is 1.62. The molecule has 0 fully saturated rings. The molecule has 0 aliphatic carbocycles. The number of ether oxygens (including phenoxy) is 2. The average molecular weight is 373 g/mol. The summed E-state index contributed by atoms with van der Waals surface area (Å²) in [6, 6.07) is 15.7. The number of pyridine rings is 1. The van der Waals surface area contributed by atoms with Gasteiger partial charge in [0.1, 0.15) is 35.0 Å². The molecule has 1 heterocycles. The Kier molecular flexibility index (Phi) is 6.07. The van der Waals surface area contributed by atoms with Crippen LogP contribution in [0.5, 0.6) is 17.2 Å². The second-order valence-electron chi connectivity index (χ2n) is 5.59. The summed E-state index contributed by atoms with van der Waals surface area (Å²) in [5.41, 5.74) is 0. The number of nitrogens with zero attached hydrogens (tertiary/aromatic N) is 1. The van der Waals surface area contributed by atoms with Gasteiger partial charge in [0.05, 0.1) is 5.03 Å². The summed E-state index contributed by atoms with van der Waals surface area (Å²) in [7, 11) is 0. The zero-order valence-electron chi connectivity index (χ0n) is 14.1. The minimum Gasteiger partial charge on any atom is -0.490 e. The van der Waals surface area contributed by atoms with E-state index in [-0.39, 0.29) is 11.9 Å². The smallest absolute Gasteiger partial charge is 0.133 e. The monoisotopic (exact) mass is 373 g/mol.